The van der Waals surface area contributed by atoms with Crippen molar-refractivity contribution < 1.29 is 34.2 Å². The SMILES string of the molecule is CC(C)C(NC(=O)C(Cc1cnc[nH]1)NC(=O)C(CCC(=O)O)NC(=O)C(N)Cc1ccccc1)C(=O)O. The molecule has 206 valence electrons. The van der Waals surface area contributed by atoms with Crippen LogP contribution in [0.4, 0.5) is 0 Å². The van der Waals surface area contributed by atoms with Crippen molar-refractivity contribution in [2.75, 3.05) is 0 Å². The predicted octanol–water partition coefficient (Wildman–Crippen LogP) is -0.418. The summed E-state index contributed by atoms with van der Waals surface area (Å²) in [5.74, 6) is -5.10. The van der Waals surface area contributed by atoms with Crippen LogP contribution in [0.3, 0.4) is 0 Å². The first-order valence-electron chi connectivity index (χ1n) is 12.1. The van der Waals surface area contributed by atoms with E-state index in [-0.39, 0.29) is 19.3 Å². The van der Waals surface area contributed by atoms with Crippen molar-refractivity contribution in [2.24, 2.45) is 11.7 Å². The zero-order chi connectivity index (χ0) is 28.2. The normalized spacial score (nSPS) is 14.1. The van der Waals surface area contributed by atoms with Crippen LogP contribution in [0.25, 0.3) is 0 Å². The quantitative estimate of drug-likeness (QED) is 0.159. The Balaban J connectivity index is 2.18. The van der Waals surface area contributed by atoms with Gasteiger partial charge in [0.1, 0.15) is 18.1 Å². The van der Waals surface area contributed by atoms with E-state index in [4.69, 9.17) is 10.8 Å². The molecule has 0 saturated heterocycles. The Labute approximate surface area is 219 Å². The third-order valence-corrected chi connectivity index (χ3v) is 5.76. The molecule has 1 heterocycles. The summed E-state index contributed by atoms with van der Waals surface area (Å²) in [6, 6.07) is 4.22. The number of aromatic amines is 1. The molecule has 0 spiro atoms. The number of carbonyl (C=O) groups excluding carboxylic acids is 3. The lowest BCUT2D eigenvalue weighted by atomic mass is 10.0. The summed E-state index contributed by atoms with van der Waals surface area (Å²) < 4.78 is 0. The van der Waals surface area contributed by atoms with Gasteiger partial charge in [-0.1, -0.05) is 44.2 Å². The first-order chi connectivity index (χ1) is 18.0. The van der Waals surface area contributed by atoms with E-state index in [2.05, 4.69) is 25.9 Å². The van der Waals surface area contributed by atoms with Crippen molar-refractivity contribution in [3.63, 3.8) is 0 Å². The van der Waals surface area contributed by atoms with Crippen molar-refractivity contribution in [3.05, 3.63) is 54.1 Å². The summed E-state index contributed by atoms with van der Waals surface area (Å²) in [6.45, 7) is 3.25. The molecule has 0 bridgehead atoms. The average molecular weight is 531 g/mol. The first-order valence-corrected chi connectivity index (χ1v) is 12.1. The molecular formula is C25H34N6O7. The minimum Gasteiger partial charge on any atom is -0.481 e. The van der Waals surface area contributed by atoms with Crippen LogP contribution in [-0.2, 0) is 36.8 Å². The maximum absolute atomic E-state index is 13.2. The summed E-state index contributed by atoms with van der Waals surface area (Å²) in [6.07, 6.45) is 2.26. The number of aliphatic carboxylic acids is 2. The fourth-order valence-electron chi connectivity index (χ4n) is 3.64. The molecule has 38 heavy (non-hydrogen) atoms. The molecule has 4 atom stereocenters. The van der Waals surface area contributed by atoms with Crippen LogP contribution in [0.1, 0.15) is 37.9 Å². The third kappa shape index (κ3) is 9.65. The molecule has 0 fully saturated rings. The van der Waals surface area contributed by atoms with Gasteiger partial charge in [0, 0.05) is 24.7 Å². The number of nitrogens with zero attached hydrogens (tertiary/aromatic N) is 1. The molecule has 1 aromatic carbocycles. The maximum Gasteiger partial charge on any atom is 0.326 e. The van der Waals surface area contributed by atoms with Crippen molar-refractivity contribution in [1.29, 1.82) is 0 Å². The molecule has 1 aromatic heterocycles. The Hall–Kier alpha value is -4.26. The average Bonchev–Trinajstić information content (AvgIpc) is 3.37. The van der Waals surface area contributed by atoms with Gasteiger partial charge in [0.2, 0.25) is 17.7 Å². The lowest BCUT2D eigenvalue weighted by Gasteiger charge is -2.25. The van der Waals surface area contributed by atoms with Gasteiger partial charge in [-0.2, -0.15) is 0 Å². The first kappa shape index (κ1) is 30.0. The number of imidazole rings is 1. The van der Waals surface area contributed by atoms with E-state index in [1.807, 2.05) is 6.07 Å². The van der Waals surface area contributed by atoms with Gasteiger partial charge in [-0.15, -0.1) is 0 Å². The van der Waals surface area contributed by atoms with E-state index in [1.54, 1.807) is 38.1 Å². The van der Waals surface area contributed by atoms with Crippen LogP contribution < -0.4 is 21.7 Å². The molecule has 13 nitrogen and oxygen atoms in total. The number of nitrogens with two attached hydrogens (primary N) is 1. The van der Waals surface area contributed by atoms with E-state index < -0.39 is 66.2 Å². The Bertz CT molecular complexity index is 1090. The number of H-pyrrole nitrogens is 1. The van der Waals surface area contributed by atoms with Crippen LogP contribution in [0, 0.1) is 5.92 Å². The highest BCUT2D eigenvalue weighted by Gasteiger charge is 2.32. The van der Waals surface area contributed by atoms with E-state index in [1.165, 1.54) is 12.5 Å². The number of rotatable bonds is 15. The lowest BCUT2D eigenvalue weighted by molar-refractivity contribution is -0.143. The second-order valence-corrected chi connectivity index (χ2v) is 9.20. The largest absolute Gasteiger partial charge is 0.481 e. The molecular weight excluding hydrogens is 496 g/mol. The molecule has 0 aliphatic heterocycles. The number of benzene rings is 1. The Morgan fingerprint density at radius 2 is 1.55 bits per heavy atom. The van der Waals surface area contributed by atoms with E-state index in [9.17, 15) is 29.1 Å². The van der Waals surface area contributed by atoms with Gasteiger partial charge in [0.05, 0.1) is 12.4 Å². The molecule has 0 aliphatic carbocycles. The monoisotopic (exact) mass is 530 g/mol. The standard InChI is InChI=1S/C25H34N6O7/c1-14(2)21(25(37)38)31-24(36)19(11-16-12-27-13-28-16)30-23(35)18(8-9-20(32)33)29-22(34)17(26)10-15-6-4-3-5-7-15/h3-7,12-14,17-19,21H,8-11,26H2,1-2H3,(H,27,28)(H,29,34)(H,30,35)(H,31,36)(H,32,33)(H,37,38). The number of carboxylic acids is 2. The van der Waals surface area contributed by atoms with Crippen LogP contribution in [0.15, 0.2) is 42.9 Å². The lowest BCUT2D eigenvalue weighted by Crippen LogP contribution is -2.58. The number of amides is 3. The molecule has 2 aromatic rings. The Morgan fingerprint density at radius 1 is 0.921 bits per heavy atom. The highest BCUT2D eigenvalue weighted by Crippen LogP contribution is 2.08. The highest BCUT2D eigenvalue weighted by atomic mass is 16.4. The van der Waals surface area contributed by atoms with Crippen LogP contribution in [-0.4, -0.2) is 74.0 Å². The molecule has 13 heteroatoms. The second-order valence-electron chi connectivity index (χ2n) is 9.20. The molecule has 3 amide bonds. The topological polar surface area (TPSA) is 217 Å². The smallest absolute Gasteiger partial charge is 0.326 e. The van der Waals surface area contributed by atoms with Gasteiger partial charge in [-0.3, -0.25) is 19.2 Å². The van der Waals surface area contributed by atoms with Crippen LogP contribution in [0.5, 0.6) is 0 Å². The van der Waals surface area contributed by atoms with Crippen molar-refractivity contribution in [1.82, 2.24) is 25.9 Å². The van der Waals surface area contributed by atoms with Crippen molar-refractivity contribution in [3.8, 4) is 0 Å². The van der Waals surface area contributed by atoms with Crippen molar-refractivity contribution in [2.45, 2.75) is 63.7 Å². The number of hydrogen-bond donors (Lipinski definition) is 7. The van der Waals surface area contributed by atoms with Gasteiger partial charge in [-0.25, -0.2) is 9.78 Å². The van der Waals surface area contributed by atoms with Crippen LogP contribution >= 0.6 is 0 Å². The number of hydrogen-bond acceptors (Lipinski definition) is 7. The number of carboxylic acid groups (broad SMARTS) is 2. The number of carbonyl (C=O) groups is 5. The second kappa shape index (κ2) is 14.5. The molecule has 0 saturated carbocycles. The molecule has 8 N–H and O–H groups in total. The summed E-state index contributed by atoms with van der Waals surface area (Å²) in [4.78, 5) is 68.4. The van der Waals surface area contributed by atoms with E-state index in [0.717, 1.165) is 5.56 Å². The van der Waals surface area contributed by atoms with E-state index >= 15 is 0 Å². The van der Waals surface area contributed by atoms with E-state index in [0.29, 0.717) is 5.69 Å². The third-order valence-electron chi connectivity index (χ3n) is 5.76. The molecule has 4 unspecified atom stereocenters. The minimum absolute atomic E-state index is 0.0604. The van der Waals surface area contributed by atoms with Gasteiger partial charge in [0.15, 0.2) is 0 Å². The predicted molar refractivity (Wildman–Crippen MR) is 136 cm³/mol. The number of aromatic nitrogens is 2. The van der Waals surface area contributed by atoms with Crippen LogP contribution in [0.2, 0.25) is 0 Å². The summed E-state index contributed by atoms with van der Waals surface area (Å²) in [5.41, 5.74) is 7.30. The summed E-state index contributed by atoms with van der Waals surface area (Å²) in [5, 5.41) is 26.0. The highest BCUT2D eigenvalue weighted by molar-refractivity contribution is 5.94. The maximum atomic E-state index is 13.2. The van der Waals surface area contributed by atoms with Crippen molar-refractivity contribution >= 4 is 29.7 Å². The van der Waals surface area contributed by atoms with Gasteiger partial charge in [-0.05, 0) is 24.3 Å². The number of nitrogens with one attached hydrogen (secondary N) is 4. The molecule has 0 radical (unpaired) electrons. The zero-order valence-electron chi connectivity index (χ0n) is 21.2. The van der Waals surface area contributed by atoms with Gasteiger partial charge >= 0.3 is 11.9 Å². The van der Waals surface area contributed by atoms with Gasteiger partial charge < -0.3 is 36.9 Å². The fraction of sp³-hybridized carbons (Fsp3) is 0.440. The Morgan fingerprint density at radius 3 is 2.11 bits per heavy atom. The molecule has 0 aliphatic rings. The zero-order valence-corrected chi connectivity index (χ0v) is 21.2. The summed E-state index contributed by atoms with van der Waals surface area (Å²) in [7, 11) is 0. The fourth-order valence-corrected chi connectivity index (χ4v) is 3.64. The summed E-state index contributed by atoms with van der Waals surface area (Å²) >= 11 is 0. The minimum atomic E-state index is -1.31. The van der Waals surface area contributed by atoms with Gasteiger partial charge in [0.25, 0.3) is 0 Å². The molecule has 2 rings (SSSR count). The Kier molecular flexibility index (Phi) is 11.4.